The maximum atomic E-state index is 13.3. The molecule has 3 unspecified atom stereocenters. The minimum absolute atomic E-state index is 0.0217. The van der Waals surface area contributed by atoms with Gasteiger partial charge in [0.25, 0.3) is 0 Å². The summed E-state index contributed by atoms with van der Waals surface area (Å²) in [7, 11) is 3.53. The first-order chi connectivity index (χ1) is 39.2. The van der Waals surface area contributed by atoms with E-state index < -0.39 is 67.0 Å². The van der Waals surface area contributed by atoms with E-state index >= 15 is 0 Å². The minimum atomic E-state index is -2.95. The van der Waals surface area contributed by atoms with Crippen molar-refractivity contribution in [2.45, 2.75) is 159 Å². The number of carboxylic acid groups (broad SMARTS) is 1. The highest BCUT2D eigenvalue weighted by molar-refractivity contribution is 8.25. The number of carboxylic acids is 1. The average Bonchev–Trinajstić information content (AvgIpc) is 1.73. The van der Waals surface area contributed by atoms with Crippen LogP contribution in [-0.4, -0.2) is 235 Å². The molecular formula is C61H110N9O11S6+3. The number of nitrogens with zero attached hydrogens (tertiary/aromatic N) is 6. The molecule has 0 aliphatic carbocycles. The van der Waals surface area contributed by atoms with Crippen LogP contribution in [0.4, 0.5) is 0 Å². The third kappa shape index (κ3) is 41.9. The lowest BCUT2D eigenvalue weighted by molar-refractivity contribution is -0.890. The van der Waals surface area contributed by atoms with Crippen LogP contribution in [0, 0.1) is 25.1 Å². The van der Waals surface area contributed by atoms with E-state index in [1.807, 2.05) is 92.9 Å². The van der Waals surface area contributed by atoms with Crippen LogP contribution < -0.4 is 16.0 Å². The zero-order valence-electron chi connectivity index (χ0n) is 55.9. The van der Waals surface area contributed by atoms with Gasteiger partial charge in [-0.15, -0.1) is 0 Å². The Morgan fingerprint density at radius 2 is 0.897 bits per heavy atom. The summed E-state index contributed by atoms with van der Waals surface area (Å²) in [4.78, 5) is 59.8. The number of rotatable bonds is 38. The zero-order chi connectivity index (χ0) is 68.2. The third-order valence-electron chi connectivity index (χ3n) is 14.5. The molecule has 26 heteroatoms. The molecule has 4 N–H and O–H groups in total. The van der Waals surface area contributed by atoms with Gasteiger partial charge in [-0.3, -0.25) is 19.2 Å². The van der Waals surface area contributed by atoms with Crippen molar-refractivity contribution in [3.8, 4) is 0 Å². The highest BCUT2D eigenvalue weighted by Gasteiger charge is 2.45. The summed E-state index contributed by atoms with van der Waals surface area (Å²) in [6, 6.07) is 9.61. The number of carbonyl (C=O) groups excluding carboxylic acids is 3. The molecule has 0 saturated heterocycles. The molecule has 0 radical (unpaired) electrons. The SMILES string of the molecule is [C-]#[N+]C(C)(C)CC(C)(C)C(=O)NCCC[N+](C)(C)CCCS(C)(=O)=O.[C-]#[N+]C(C)(C)CC(C)(SC(=S)c1ccccc1)C(=O)NCCC[N+](C)(C)CCCS(C)(=O)=O.[C-]#[N+]C(C)(CCC(=O)O)CC(C)(S)C(=O)NCCC[N+](C)(C)CCCS(C)(=O)=O. The van der Waals surface area contributed by atoms with E-state index in [0.717, 1.165) is 68.6 Å². The van der Waals surface area contributed by atoms with Crippen molar-refractivity contribution in [3.05, 3.63) is 70.1 Å². The zero-order valence-corrected chi connectivity index (χ0v) is 60.8. The molecule has 0 bridgehead atoms. The van der Waals surface area contributed by atoms with E-state index in [1.54, 1.807) is 13.8 Å². The molecule has 1 aromatic rings. The average molecular weight is 1340 g/mol. The number of aliphatic carboxylic acids is 1. The first-order valence-corrected chi connectivity index (χ1v) is 37.3. The molecule has 3 atom stereocenters. The fraction of sp³-hybridized carbons (Fsp3) is 0.770. The summed E-state index contributed by atoms with van der Waals surface area (Å²) >= 11 is 11.4. The maximum absolute atomic E-state index is 13.3. The lowest BCUT2D eigenvalue weighted by Crippen LogP contribution is -2.48. The number of thiocarbonyl (C=S) groups is 1. The fourth-order valence-electron chi connectivity index (χ4n) is 9.79. The van der Waals surface area contributed by atoms with E-state index in [0.29, 0.717) is 64.9 Å². The van der Waals surface area contributed by atoms with Crippen molar-refractivity contribution >= 4 is 94.0 Å². The standard InChI is InChI=1S/C24H37N3O3S3.C19H35N3O5S2.C18H35N3O3S/c1-23(2,25-4)19-24(3,32-21(31)20-13-9-8-10-14-20)22(28)26-15-11-16-27(5,6)17-12-18-33(7,29)30;1-18(20-3,10-9-16(23)24)15-19(2,28)17(25)21-11-7-12-22(4,5)13-8-14-29(6,26)27;1-17(2,15-18(3,4)19-5)16(22)20-11-9-12-21(6,7)13-10-14-25(8,23)24/h8-10,13-14H,11-12,15-19H2,1-3,5-7H3;7-15H2,1-2,4-6H3,(H2-,21,23,24,25,28);9-15H2,1-4,6-8H3/p+3. The van der Waals surface area contributed by atoms with Gasteiger partial charge in [-0.05, 0) is 19.4 Å². The highest BCUT2D eigenvalue weighted by Crippen LogP contribution is 2.38. The summed E-state index contributed by atoms with van der Waals surface area (Å²) < 4.78 is 68.3. The summed E-state index contributed by atoms with van der Waals surface area (Å²) in [5.74, 6) is -0.812. The number of thiol groups is 1. The number of nitrogens with one attached hydrogen (secondary N) is 3. The van der Waals surface area contributed by atoms with Crippen LogP contribution in [-0.2, 0) is 48.7 Å². The summed E-state index contributed by atoms with van der Waals surface area (Å²) in [5.41, 5.74) is -1.88. The van der Waals surface area contributed by atoms with Gasteiger partial charge >= 0.3 is 5.97 Å². The van der Waals surface area contributed by atoms with Crippen LogP contribution in [0.2, 0.25) is 0 Å². The molecule has 1 aromatic carbocycles. The molecule has 0 fully saturated rings. The first kappa shape index (κ1) is 85.2. The van der Waals surface area contributed by atoms with E-state index in [4.69, 9.17) is 37.0 Å². The second-order valence-electron chi connectivity index (χ2n) is 28.0. The van der Waals surface area contributed by atoms with Gasteiger partial charge in [-0.1, -0.05) is 68.2 Å². The molecule has 0 heterocycles. The van der Waals surface area contributed by atoms with Crippen molar-refractivity contribution in [3.63, 3.8) is 0 Å². The number of sulfone groups is 3. The number of quaternary nitrogens is 3. The monoisotopic (exact) mass is 1340 g/mol. The Balaban J connectivity index is 0. The number of amides is 3. The lowest BCUT2D eigenvalue weighted by atomic mass is 9.79. The topological polar surface area (TPSA) is 240 Å². The van der Waals surface area contributed by atoms with Gasteiger partial charge in [0.1, 0.15) is 34.3 Å². The number of thioether (sulfide) groups is 1. The van der Waals surface area contributed by atoms with Crippen molar-refractivity contribution in [1.82, 2.24) is 16.0 Å². The molecule has 3 amide bonds. The molecule has 0 aromatic heterocycles. The normalized spacial score (nSPS) is 14.7. The highest BCUT2D eigenvalue weighted by atomic mass is 32.2. The van der Waals surface area contributed by atoms with Gasteiger partial charge < -0.3 is 49.0 Å². The molecule has 0 saturated carbocycles. The molecule has 0 aliphatic heterocycles. The van der Waals surface area contributed by atoms with Crippen LogP contribution >= 0.6 is 36.6 Å². The number of carbonyl (C=O) groups is 4. The van der Waals surface area contributed by atoms with Crippen molar-refractivity contribution in [2.24, 2.45) is 5.41 Å². The second-order valence-corrected chi connectivity index (χ2v) is 37.9. The molecule has 0 spiro atoms. The molecule has 1 rings (SSSR count). The Kier molecular flexibility index (Phi) is 36.0. The van der Waals surface area contributed by atoms with Crippen LogP contribution in [0.1, 0.15) is 139 Å². The number of hydrogen-bond acceptors (Lipinski definition) is 13. The predicted molar refractivity (Wildman–Crippen MR) is 364 cm³/mol. The molecule has 0 aliphatic rings. The fourth-order valence-corrected chi connectivity index (χ4v) is 14.1. The number of hydrogen-bond donors (Lipinski definition) is 5. The third-order valence-corrected chi connectivity index (χ3v) is 19.7. The van der Waals surface area contributed by atoms with Crippen molar-refractivity contribution in [1.29, 1.82) is 0 Å². The van der Waals surface area contributed by atoms with Gasteiger partial charge in [0.2, 0.25) is 34.3 Å². The Hall–Kier alpha value is -3.91. The summed E-state index contributed by atoms with van der Waals surface area (Å²) in [6.45, 7) is 44.7. The van der Waals surface area contributed by atoms with E-state index in [1.165, 1.54) is 30.5 Å². The smallest absolute Gasteiger partial charge is 0.303 e. The Labute approximate surface area is 541 Å². The number of benzene rings is 1. The van der Waals surface area contributed by atoms with Crippen LogP contribution in [0.5, 0.6) is 0 Å². The van der Waals surface area contributed by atoms with Gasteiger partial charge in [-0.2, -0.15) is 12.6 Å². The van der Waals surface area contributed by atoms with Crippen LogP contribution in [0.15, 0.2) is 30.3 Å². The van der Waals surface area contributed by atoms with Crippen LogP contribution in [0.3, 0.4) is 0 Å². The van der Waals surface area contributed by atoms with Crippen LogP contribution in [0.25, 0.3) is 14.5 Å². The minimum Gasteiger partial charge on any atom is -0.481 e. The molecule has 87 heavy (non-hydrogen) atoms. The maximum Gasteiger partial charge on any atom is 0.303 e. The predicted octanol–water partition coefficient (Wildman–Crippen LogP) is 7.70. The Morgan fingerprint density at radius 3 is 1.24 bits per heavy atom. The lowest BCUT2D eigenvalue weighted by Gasteiger charge is -2.32. The van der Waals surface area contributed by atoms with Gasteiger partial charge in [0, 0.05) is 137 Å². The Bertz CT molecular complexity index is 2860. The van der Waals surface area contributed by atoms with Gasteiger partial charge in [0.15, 0.2) is 0 Å². The molecule has 498 valence electrons. The summed E-state index contributed by atoms with van der Waals surface area (Å²) in [5, 5.41) is 17.7. The largest absolute Gasteiger partial charge is 0.481 e. The van der Waals surface area contributed by atoms with Gasteiger partial charge in [0.05, 0.1) is 120 Å². The van der Waals surface area contributed by atoms with E-state index in [2.05, 4.69) is 71.3 Å². The molecule has 20 nitrogen and oxygen atoms in total. The summed E-state index contributed by atoms with van der Waals surface area (Å²) in [6.07, 6.45) is 9.03. The quantitative estimate of drug-likeness (QED) is 0.0140. The second kappa shape index (κ2) is 36.8. The molecular weight excluding hydrogens is 1230 g/mol. The van der Waals surface area contributed by atoms with E-state index in [9.17, 15) is 44.4 Å². The Morgan fingerprint density at radius 1 is 0.552 bits per heavy atom. The van der Waals surface area contributed by atoms with Gasteiger partial charge in [-0.25, -0.2) is 45.0 Å². The van der Waals surface area contributed by atoms with Crippen molar-refractivity contribution in [2.75, 3.05) is 137 Å². The van der Waals surface area contributed by atoms with Crippen molar-refractivity contribution < 1.29 is 63.0 Å². The van der Waals surface area contributed by atoms with E-state index in [-0.39, 0.29) is 54.2 Å². The first-order valence-electron chi connectivity index (χ1n) is 29.4.